The van der Waals surface area contributed by atoms with Crippen molar-refractivity contribution in [1.82, 2.24) is 9.62 Å². The first kappa shape index (κ1) is 15.9. The molecule has 0 amide bonds. The second-order valence-electron chi connectivity index (χ2n) is 5.76. The maximum absolute atomic E-state index is 12.2. The smallest absolute Gasteiger partial charge is 0.214 e. The van der Waals surface area contributed by atoms with Crippen molar-refractivity contribution in [2.24, 2.45) is 0 Å². The van der Waals surface area contributed by atoms with Crippen molar-refractivity contribution in [2.45, 2.75) is 58.4 Å². The topological polar surface area (TPSA) is 49.4 Å². The lowest BCUT2D eigenvalue weighted by atomic mass is 10.0. The highest BCUT2D eigenvalue weighted by molar-refractivity contribution is 7.89. The SMILES string of the molecule is CCCNCCCCS(=O)(=O)N1CCCC1(C)C. The standard InChI is InChI=1S/C13H28N2O2S/c1-4-9-14-10-5-6-12-18(16,17)15-11-7-8-13(15,2)3/h14H,4-12H2,1-3H3. The zero-order valence-corrected chi connectivity index (χ0v) is 12.9. The van der Waals surface area contributed by atoms with E-state index in [-0.39, 0.29) is 5.54 Å². The Labute approximate surface area is 112 Å². The summed E-state index contributed by atoms with van der Waals surface area (Å²) in [5, 5.41) is 3.30. The third kappa shape index (κ3) is 4.52. The first-order valence-corrected chi connectivity index (χ1v) is 8.72. The Morgan fingerprint density at radius 1 is 1.22 bits per heavy atom. The van der Waals surface area contributed by atoms with Crippen molar-refractivity contribution >= 4 is 10.0 Å². The lowest BCUT2D eigenvalue weighted by molar-refractivity contribution is 0.291. The van der Waals surface area contributed by atoms with Crippen LogP contribution >= 0.6 is 0 Å². The van der Waals surface area contributed by atoms with E-state index in [0.717, 1.165) is 45.2 Å². The van der Waals surface area contributed by atoms with Crippen molar-refractivity contribution in [3.8, 4) is 0 Å². The quantitative estimate of drug-likeness (QED) is 0.690. The van der Waals surface area contributed by atoms with Crippen LogP contribution < -0.4 is 5.32 Å². The van der Waals surface area contributed by atoms with Crippen molar-refractivity contribution in [3.05, 3.63) is 0 Å². The van der Waals surface area contributed by atoms with Gasteiger partial charge in [0.25, 0.3) is 0 Å². The van der Waals surface area contributed by atoms with E-state index in [0.29, 0.717) is 12.3 Å². The number of sulfonamides is 1. The van der Waals surface area contributed by atoms with Gasteiger partial charge in [-0.15, -0.1) is 0 Å². The Morgan fingerprint density at radius 2 is 1.94 bits per heavy atom. The summed E-state index contributed by atoms with van der Waals surface area (Å²) in [5.74, 6) is 0.296. The molecule has 0 unspecified atom stereocenters. The number of hydrogen-bond donors (Lipinski definition) is 1. The molecular formula is C13H28N2O2S. The fourth-order valence-electron chi connectivity index (χ4n) is 2.54. The Balaban J connectivity index is 2.32. The molecule has 0 radical (unpaired) electrons. The van der Waals surface area contributed by atoms with E-state index in [9.17, 15) is 8.42 Å². The van der Waals surface area contributed by atoms with Crippen LogP contribution in [0.15, 0.2) is 0 Å². The molecule has 1 N–H and O–H groups in total. The molecule has 1 heterocycles. The van der Waals surface area contributed by atoms with Crippen molar-refractivity contribution in [2.75, 3.05) is 25.4 Å². The average molecular weight is 276 g/mol. The van der Waals surface area contributed by atoms with E-state index in [1.165, 1.54) is 0 Å². The van der Waals surface area contributed by atoms with Gasteiger partial charge in [-0.2, -0.15) is 4.31 Å². The third-order valence-corrected chi connectivity index (χ3v) is 5.75. The highest BCUT2D eigenvalue weighted by Gasteiger charge is 2.39. The van der Waals surface area contributed by atoms with Crippen LogP contribution in [0.4, 0.5) is 0 Å². The third-order valence-electron chi connectivity index (χ3n) is 3.59. The zero-order valence-electron chi connectivity index (χ0n) is 12.0. The van der Waals surface area contributed by atoms with Gasteiger partial charge in [-0.05, 0) is 59.0 Å². The van der Waals surface area contributed by atoms with Gasteiger partial charge < -0.3 is 5.32 Å². The fourth-order valence-corrected chi connectivity index (χ4v) is 4.59. The van der Waals surface area contributed by atoms with E-state index in [1.807, 2.05) is 13.8 Å². The van der Waals surface area contributed by atoms with Crippen LogP contribution in [0.5, 0.6) is 0 Å². The highest BCUT2D eigenvalue weighted by atomic mass is 32.2. The van der Waals surface area contributed by atoms with Gasteiger partial charge >= 0.3 is 0 Å². The largest absolute Gasteiger partial charge is 0.317 e. The summed E-state index contributed by atoms with van der Waals surface area (Å²) in [6, 6.07) is 0. The molecule has 5 heteroatoms. The molecule has 18 heavy (non-hydrogen) atoms. The molecule has 1 aliphatic rings. The molecular weight excluding hydrogens is 248 g/mol. The van der Waals surface area contributed by atoms with Gasteiger partial charge in [0, 0.05) is 12.1 Å². The Morgan fingerprint density at radius 3 is 2.50 bits per heavy atom. The molecule has 1 rings (SSSR count). The van der Waals surface area contributed by atoms with Gasteiger partial charge in [-0.25, -0.2) is 8.42 Å². The first-order valence-electron chi connectivity index (χ1n) is 7.11. The molecule has 0 aliphatic carbocycles. The van der Waals surface area contributed by atoms with Crippen LogP contribution in [-0.2, 0) is 10.0 Å². The Hall–Kier alpha value is -0.130. The maximum Gasteiger partial charge on any atom is 0.214 e. The van der Waals surface area contributed by atoms with E-state index in [4.69, 9.17) is 0 Å². The Kier molecular flexibility index (Phi) is 6.08. The molecule has 108 valence electrons. The van der Waals surface area contributed by atoms with Crippen LogP contribution in [0.1, 0.15) is 52.9 Å². The summed E-state index contributed by atoms with van der Waals surface area (Å²) in [4.78, 5) is 0. The van der Waals surface area contributed by atoms with Crippen LogP contribution in [0.3, 0.4) is 0 Å². The predicted molar refractivity (Wildman–Crippen MR) is 76.2 cm³/mol. The summed E-state index contributed by atoms with van der Waals surface area (Å²) in [5.41, 5.74) is -0.181. The minimum Gasteiger partial charge on any atom is -0.317 e. The van der Waals surface area contributed by atoms with E-state index >= 15 is 0 Å². The van der Waals surface area contributed by atoms with Gasteiger partial charge in [-0.3, -0.25) is 0 Å². The molecule has 4 nitrogen and oxygen atoms in total. The number of unbranched alkanes of at least 4 members (excludes halogenated alkanes) is 1. The minimum absolute atomic E-state index is 0.181. The van der Waals surface area contributed by atoms with Crippen LogP contribution in [0, 0.1) is 0 Å². The molecule has 1 saturated heterocycles. The lowest BCUT2D eigenvalue weighted by Gasteiger charge is -2.30. The van der Waals surface area contributed by atoms with Gasteiger partial charge in [0.15, 0.2) is 0 Å². The van der Waals surface area contributed by atoms with Crippen molar-refractivity contribution < 1.29 is 8.42 Å². The van der Waals surface area contributed by atoms with Crippen LogP contribution in [0.2, 0.25) is 0 Å². The minimum atomic E-state index is -3.05. The first-order chi connectivity index (χ1) is 8.40. The number of nitrogens with one attached hydrogen (secondary N) is 1. The van der Waals surface area contributed by atoms with Gasteiger partial charge in [-0.1, -0.05) is 6.92 Å². The van der Waals surface area contributed by atoms with Gasteiger partial charge in [0.05, 0.1) is 5.75 Å². The van der Waals surface area contributed by atoms with Crippen LogP contribution in [-0.4, -0.2) is 43.6 Å². The number of nitrogens with zero attached hydrogens (tertiary/aromatic N) is 1. The summed E-state index contributed by atoms with van der Waals surface area (Å²) >= 11 is 0. The van der Waals surface area contributed by atoms with Gasteiger partial charge in [0.1, 0.15) is 0 Å². The number of hydrogen-bond acceptors (Lipinski definition) is 3. The molecule has 0 atom stereocenters. The number of rotatable bonds is 8. The molecule has 0 aromatic rings. The lowest BCUT2D eigenvalue weighted by Crippen LogP contribution is -2.43. The van der Waals surface area contributed by atoms with E-state index in [1.54, 1.807) is 4.31 Å². The van der Waals surface area contributed by atoms with Crippen molar-refractivity contribution in [3.63, 3.8) is 0 Å². The maximum atomic E-state index is 12.2. The summed E-state index contributed by atoms with van der Waals surface area (Å²) in [6.45, 7) is 8.83. The van der Waals surface area contributed by atoms with E-state index < -0.39 is 10.0 Å². The molecule has 0 bridgehead atoms. The zero-order chi connectivity index (χ0) is 13.6. The van der Waals surface area contributed by atoms with Gasteiger partial charge in [0.2, 0.25) is 10.0 Å². The molecule has 1 aliphatic heterocycles. The van der Waals surface area contributed by atoms with E-state index in [2.05, 4.69) is 12.2 Å². The van der Waals surface area contributed by atoms with Crippen LogP contribution in [0.25, 0.3) is 0 Å². The monoisotopic (exact) mass is 276 g/mol. The second-order valence-corrected chi connectivity index (χ2v) is 7.77. The molecule has 0 saturated carbocycles. The molecule has 0 spiro atoms. The fraction of sp³-hybridized carbons (Fsp3) is 1.00. The Bertz CT molecular complexity index is 339. The average Bonchev–Trinajstić information content (AvgIpc) is 2.64. The highest BCUT2D eigenvalue weighted by Crippen LogP contribution is 2.31. The summed E-state index contributed by atoms with van der Waals surface area (Å²) in [6.07, 6.45) is 4.79. The molecule has 0 aromatic heterocycles. The summed E-state index contributed by atoms with van der Waals surface area (Å²) in [7, 11) is -3.05. The second kappa shape index (κ2) is 6.87. The van der Waals surface area contributed by atoms with Crippen molar-refractivity contribution in [1.29, 1.82) is 0 Å². The molecule has 1 fully saturated rings. The summed E-state index contributed by atoms with van der Waals surface area (Å²) < 4.78 is 26.2. The normalized spacial score (nSPS) is 20.4. The molecule has 0 aromatic carbocycles. The predicted octanol–water partition coefficient (Wildman–Crippen LogP) is 1.97.